The molecule has 0 spiro atoms. The normalized spacial score (nSPS) is 21.1. The standard InChI is InChI=1S/C18H25NO3/c1-3-12-22-17-10-6-5-8-15(17)13-19-11-7-9-16(14-19)18(20)21-4-2/h3,5-6,8,10,16H,1,4,7,9,11-14H2,2H3/p+1/t16-/m0/s1. The summed E-state index contributed by atoms with van der Waals surface area (Å²) in [4.78, 5) is 13.3. The number of ether oxygens (including phenoxy) is 2. The van der Waals surface area contributed by atoms with E-state index in [4.69, 9.17) is 9.47 Å². The first-order valence-electron chi connectivity index (χ1n) is 8.06. The first-order chi connectivity index (χ1) is 10.7. The van der Waals surface area contributed by atoms with Crippen LogP contribution in [0.5, 0.6) is 5.75 Å². The summed E-state index contributed by atoms with van der Waals surface area (Å²) in [5, 5.41) is 0. The predicted octanol–water partition coefficient (Wildman–Crippen LogP) is 1.61. The second kappa shape index (κ2) is 8.59. The topological polar surface area (TPSA) is 40.0 Å². The van der Waals surface area contributed by atoms with Crippen LogP contribution in [0, 0.1) is 5.92 Å². The Kier molecular flexibility index (Phi) is 6.46. The van der Waals surface area contributed by atoms with E-state index in [-0.39, 0.29) is 11.9 Å². The second-order valence-corrected chi connectivity index (χ2v) is 5.68. The third-order valence-electron chi connectivity index (χ3n) is 4.01. The van der Waals surface area contributed by atoms with Crippen LogP contribution in [0.3, 0.4) is 0 Å². The molecular formula is C18H26NO3+. The number of esters is 1. The summed E-state index contributed by atoms with van der Waals surface area (Å²) in [7, 11) is 0. The van der Waals surface area contributed by atoms with Crippen LogP contribution in [-0.4, -0.2) is 32.3 Å². The van der Waals surface area contributed by atoms with Gasteiger partial charge in [0, 0.05) is 5.56 Å². The molecule has 1 saturated heterocycles. The number of hydrogen-bond acceptors (Lipinski definition) is 3. The molecule has 0 bridgehead atoms. The number of rotatable bonds is 7. The van der Waals surface area contributed by atoms with Crippen LogP contribution in [0.15, 0.2) is 36.9 Å². The van der Waals surface area contributed by atoms with E-state index in [1.807, 2.05) is 25.1 Å². The summed E-state index contributed by atoms with van der Waals surface area (Å²) in [6, 6.07) is 8.10. The van der Waals surface area contributed by atoms with Crippen molar-refractivity contribution in [3.63, 3.8) is 0 Å². The van der Waals surface area contributed by atoms with Crippen molar-refractivity contribution in [1.29, 1.82) is 0 Å². The molecule has 0 amide bonds. The number of carbonyl (C=O) groups excluding carboxylic acids is 1. The lowest BCUT2D eigenvalue weighted by molar-refractivity contribution is -0.921. The lowest BCUT2D eigenvalue weighted by Crippen LogP contribution is -3.12. The predicted molar refractivity (Wildman–Crippen MR) is 85.9 cm³/mol. The van der Waals surface area contributed by atoms with Crippen LogP contribution in [0.25, 0.3) is 0 Å². The minimum absolute atomic E-state index is 0.0324. The molecule has 4 nitrogen and oxygen atoms in total. The fourth-order valence-corrected chi connectivity index (χ4v) is 2.98. The minimum Gasteiger partial charge on any atom is -0.489 e. The van der Waals surface area contributed by atoms with Crippen molar-refractivity contribution in [2.45, 2.75) is 26.3 Å². The molecule has 1 fully saturated rings. The molecule has 1 unspecified atom stereocenters. The Bertz CT molecular complexity index is 501. The van der Waals surface area contributed by atoms with Gasteiger partial charge in [-0.05, 0) is 31.9 Å². The summed E-state index contributed by atoms with van der Waals surface area (Å²) in [6.07, 6.45) is 3.76. The van der Waals surface area contributed by atoms with Gasteiger partial charge in [0.15, 0.2) is 0 Å². The largest absolute Gasteiger partial charge is 0.489 e. The molecule has 1 N–H and O–H groups in total. The quantitative estimate of drug-likeness (QED) is 0.614. The van der Waals surface area contributed by atoms with E-state index in [0.717, 1.165) is 38.2 Å². The van der Waals surface area contributed by atoms with Gasteiger partial charge < -0.3 is 14.4 Å². The Balaban J connectivity index is 1.98. The Morgan fingerprint density at radius 3 is 3.05 bits per heavy atom. The summed E-state index contributed by atoms with van der Waals surface area (Å²) in [5.74, 6) is 0.897. The van der Waals surface area contributed by atoms with Crippen LogP contribution in [0.1, 0.15) is 25.3 Å². The van der Waals surface area contributed by atoms with E-state index in [2.05, 4.69) is 12.6 Å². The lowest BCUT2D eigenvalue weighted by Gasteiger charge is -2.29. The lowest BCUT2D eigenvalue weighted by atomic mass is 9.97. The smallest absolute Gasteiger partial charge is 0.314 e. The Morgan fingerprint density at radius 1 is 1.45 bits per heavy atom. The zero-order valence-electron chi connectivity index (χ0n) is 13.3. The average Bonchev–Trinajstić information content (AvgIpc) is 2.54. The molecule has 0 saturated carbocycles. The molecule has 1 aliphatic rings. The fraction of sp³-hybridized carbons (Fsp3) is 0.500. The van der Waals surface area contributed by atoms with Crippen LogP contribution in [0.2, 0.25) is 0 Å². The van der Waals surface area contributed by atoms with Gasteiger partial charge in [-0.1, -0.05) is 24.8 Å². The number of piperidine rings is 1. The number of nitrogens with one attached hydrogen (secondary N) is 1. The first-order valence-corrected chi connectivity index (χ1v) is 8.06. The minimum atomic E-state index is -0.0455. The van der Waals surface area contributed by atoms with Crippen molar-refractivity contribution in [1.82, 2.24) is 0 Å². The van der Waals surface area contributed by atoms with Gasteiger partial charge in [0.2, 0.25) is 0 Å². The highest BCUT2D eigenvalue weighted by molar-refractivity contribution is 5.72. The molecule has 0 radical (unpaired) electrons. The molecule has 2 atom stereocenters. The highest BCUT2D eigenvalue weighted by atomic mass is 16.5. The van der Waals surface area contributed by atoms with Crippen molar-refractivity contribution in [2.75, 3.05) is 26.3 Å². The Morgan fingerprint density at radius 2 is 2.27 bits per heavy atom. The van der Waals surface area contributed by atoms with Crippen LogP contribution in [0.4, 0.5) is 0 Å². The van der Waals surface area contributed by atoms with E-state index in [9.17, 15) is 4.79 Å². The molecule has 2 rings (SSSR count). The molecule has 120 valence electrons. The van der Waals surface area contributed by atoms with E-state index < -0.39 is 0 Å². The SMILES string of the molecule is C=CCOc1ccccc1C[NH+]1CCC[C@H](C(=O)OCC)C1. The molecule has 1 aromatic carbocycles. The maximum Gasteiger partial charge on any atom is 0.314 e. The summed E-state index contributed by atoms with van der Waals surface area (Å²) in [5.41, 5.74) is 1.18. The fourth-order valence-electron chi connectivity index (χ4n) is 2.98. The third kappa shape index (κ3) is 4.60. The van der Waals surface area contributed by atoms with Gasteiger partial charge in [0.1, 0.15) is 24.8 Å². The first kappa shape index (κ1) is 16.6. The van der Waals surface area contributed by atoms with E-state index in [0.29, 0.717) is 13.2 Å². The van der Waals surface area contributed by atoms with Crippen molar-refractivity contribution in [3.05, 3.63) is 42.5 Å². The number of quaternary nitrogens is 1. The number of likely N-dealkylation sites (tertiary alicyclic amines) is 1. The van der Waals surface area contributed by atoms with Gasteiger partial charge >= 0.3 is 5.97 Å². The zero-order chi connectivity index (χ0) is 15.8. The molecule has 0 aliphatic carbocycles. The van der Waals surface area contributed by atoms with Crippen molar-refractivity contribution in [3.8, 4) is 5.75 Å². The third-order valence-corrected chi connectivity index (χ3v) is 4.01. The molecule has 22 heavy (non-hydrogen) atoms. The van der Waals surface area contributed by atoms with Crippen LogP contribution >= 0.6 is 0 Å². The van der Waals surface area contributed by atoms with E-state index >= 15 is 0 Å². The van der Waals surface area contributed by atoms with Gasteiger partial charge in [-0.15, -0.1) is 0 Å². The van der Waals surface area contributed by atoms with E-state index in [1.165, 1.54) is 10.5 Å². The molecular weight excluding hydrogens is 278 g/mol. The molecule has 4 heteroatoms. The number of hydrogen-bond donors (Lipinski definition) is 1. The van der Waals surface area contributed by atoms with Gasteiger partial charge in [-0.3, -0.25) is 4.79 Å². The summed E-state index contributed by atoms with van der Waals surface area (Å²) >= 11 is 0. The Labute approximate surface area is 132 Å². The van der Waals surface area contributed by atoms with Crippen LogP contribution in [-0.2, 0) is 16.1 Å². The highest BCUT2D eigenvalue weighted by Gasteiger charge is 2.30. The molecule has 1 heterocycles. The monoisotopic (exact) mass is 304 g/mol. The van der Waals surface area contributed by atoms with Crippen molar-refractivity contribution in [2.24, 2.45) is 5.92 Å². The van der Waals surface area contributed by atoms with Gasteiger partial charge in [0.25, 0.3) is 0 Å². The maximum absolute atomic E-state index is 11.9. The van der Waals surface area contributed by atoms with Crippen LogP contribution < -0.4 is 9.64 Å². The molecule has 1 aromatic rings. The number of para-hydroxylation sites is 1. The van der Waals surface area contributed by atoms with Gasteiger partial charge in [-0.25, -0.2) is 0 Å². The summed E-state index contributed by atoms with van der Waals surface area (Å²) in [6.45, 7) is 9.33. The molecule has 1 aliphatic heterocycles. The zero-order valence-corrected chi connectivity index (χ0v) is 13.3. The van der Waals surface area contributed by atoms with Gasteiger partial charge in [0.05, 0.1) is 19.7 Å². The maximum atomic E-state index is 11.9. The average molecular weight is 304 g/mol. The summed E-state index contributed by atoms with van der Waals surface area (Å²) < 4.78 is 10.9. The number of carbonyl (C=O) groups is 1. The highest BCUT2D eigenvalue weighted by Crippen LogP contribution is 2.18. The van der Waals surface area contributed by atoms with Crippen molar-refractivity contribution < 1.29 is 19.2 Å². The van der Waals surface area contributed by atoms with Gasteiger partial charge in [-0.2, -0.15) is 0 Å². The Hall–Kier alpha value is -1.81. The number of benzene rings is 1. The van der Waals surface area contributed by atoms with Crippen molar-refractivity contribution >= 4 is 5.97 Å². The second-order valence-electron chi connectivity index (χ2n) is 5.68. The molecule has 0 aromatic heterocycles. The van der Waals surface area contributed by atoms with E-state index in [1.54, 1.807) is 6.08 Å².